The number of hydrogen-bond acceptors (Lipinski definition) is 3. The van der Waals surface area contributed by atoms with Gasteiger partial charge in [0.15, 0.2) is 0 Å². The minimum absolute atomic E-state index is 0.0969. The predicted molar refractivity (Wildman–Crippen MR) is 51.7 cm³/mol. The zero-order valence-electron chi connectivity index (χ0n) is 7.70. The van der Waals surface area contributed by atoms with Gasteiger partial charge in [-0.2, -0.15) is 0 Å². The number of aromatic hydroxyl groups is 2. The van der Waals surface area contributed by atoms with Crippen molar-refractivity contribution in [2.24, 2.45) is 5.73 Å². The third kappa shape index (κ3) is 3.34. The molecule has 0 saturated carbocycles. The van der Waals surface area contributed by atoms with Crippen LogP contribution in [-0.2, 0) is 6.42 Å². The molecule has 0 spiro atoms. The minimum atomic E-state index is 0.0969. The average molecular weight is 181 g/mol. The van der Waals surface area contributed by atoms with E-state index in [9.17, 15) is 0 Å². The van der Waals surface area contributed by atoms with Crippen LogP contribution in [0.25, 0.3) is 0 Å². The zero-order valence-corrected chi connectivity index (χ0v) is 7.70. The average Bonchev–Trinajstić information content (AvgIpc) is 1.99. The van der Waals surface area contributed by atoms with E-state index in [4.69, 9.17) is 15.9 Å². The van der Waals surface area contributed by atoms with Crippen molar-refractivity contribution in [3.05, 3.63) is 23.8 Å². The van der Waals surface area contributed by atoms with Gasteiger partial charge in [0.05, 0.1) is 0 Å². The molecular formula is C10H15NO2. The molecule has 13 heavy (non-hydrogen) atoms. The summed E-state index contributed by atoms with van der Waals surface area (Å²) in [5.74, 6) is 0.194. The van der Waals surface area contributed by atoms with E-state index >= 15 is 0 Å². The summed E-state index contributed by atoms with van der Waals surface area (Å²) < 4.78 is 0. The highest BCUT2D eigenvalue weighted by Crippen LogP contribution is 2.21. The fourth-order valence-corrected chi connectivity index (χ4v) is 1.20. The molecule has 1 atom stereocenters. The van der Waals surface area contributed by atoms with E-state index in [0.29, 0.717) is 0 Å². The normalized spacial score (nSPS) is 12.8. The van der Waals surface area contributed by atoms with Crippen LogP contribution in [-0.4, -0.2) is 16.3 Å². The molecule has 3 nitrogen and oxygen atoms in total. The number of hydrogen-bond donors (Lipinski definition) is 3. The highest BCUT2D eigenvalue weighted by Gasteiger charge is 2.00. The summed E-state index contributed by atoms with van der Waals surface area (Å²) >= 11 is 0. The second-order valence-electron chi connectivity index (χ2n) is 3.37. The van der Waals surface area contributed by atoms with Gasteiger partial charge in [-0.05, 0) is 37.5 Å². The second kappa shape index (κ2) is 4.14. The largest absolute Gasteiger partial charge is 0.508 e. The Labute approximate surface area is 77.8 Å². The van der Waals surface area contributed by atoms with E-state index in [1.54, 1.807) is 12.1 Å². The van der Waals surface area contributed by atoms with Gasteiger partial charge >= 0.3 is 0 Å². The lowest BCUT2D eigenvalue weighted by atomic mass is 10.1. The maximum atomic E-state index is 9.17. The highest BCUT2D eigenvalue weighted by atomic mass is 16.3. The van der Waals surface area contributed by atoms with Gasteiger partial charge in [-0.3, -0.25) is 0 Å². The summed E-state index contributed by atoms with van der Waals surface area (Å²) in [4.78, 5) is 0. The molecule has 1 aromatic rings. The van der Waals surface area contributed by atoms with Gasteiger partial charge in [-0.25, -0.2) is 0 Å². The third-order valence-electron chi connectivity index (χ3n) is 1.85. The number of aryl methyl sites for hydroxylation is 1. The van der Waals surface area contributed by atoms with Crippen LogP contribution in [0.3, 0.4) is 0 Å². The summed E-state index contributed by atoms with van der Waals surface area (Å²) in [7, 11) is 0. The van der Waals surface area contributed by atoms with E-state index < -0.39 is 0 Å². The number of phenolic OH excluding ortho intramolecular Hbond substituents is 2. The summed E-state index contributed by atoms with van der Waals surface area (Å²) in [5.41, 5.74) is 6.50. The molecular weight excluding hydrogens is 166 g/mol. The zero-order chi connectivity index (χ0) is 9.84. The third-order valence-corrected chi connectivity index (χ3v) is 1.85. The van der Waals surface area contributed by atoms with Gasteiger partial charge in [0.2, 0.25) is 0 Å². The van der Waals surface area contributed by atoms with Crippen molar-refractivity contribution in [3.8, 4) is 11.5 Å². The minimum Gasteiger partial charge on any atom is -0.508 e. The van der Waals surface area contributed by atoms with Crippen molar-refractivity contribution in [1.29, 1.82) is 0 Å². The highest BCUT2D eigenvalue weighted by molar-refractivity contribution is 5.36. The standard InChI is InChI=1S/C10H15NO2/c1-7(11)2-3-8-4-9(12)6-10(13)5-8/h4-7,12-13H,2-3,11H2,1H3/t7-/m1/s1. The van der Waals surface area contributed by atoms with Crippen LogP contribution in [0.5, 0.6) is 11.5 Å². The van der Waals surface area contributed by atoms with Gasteiger partial charge < -0.3 is 15.9 Å². The van der Waals surface area contributed by atoms with E-state index in [1.807, 2.05) is 6.92 Å². The van der Waals surface area contributed by atoms with Gasteiger partial charge in [-0.1, -0.05) is 0 Å². The maximum absolute atomic E-state index is 9.17. The molecule has 1 rings (SSSR count). The van der Waals surface area contributed by atoms with E-state index in [2.05, 4.69) is 0 Å². The molecule has 0 amide bonds. The number of rotatable bonds is 3. The van der Waals surface area contributed by atoms with Crippen LogP contribution in [0.2, 0.25) is 0 Å². The lowest BCUT2D eigenvalue weighted by Crippen LogP contribution is -2.15. The first-order valence-electron chi connectivity index (χ1n) is 4.35. The Morgan fingerprint density at radius 3 is 2.23 bits per heavy atom. The van der Waals surface area contributed by atoms with Crippen molar-refractivity contribution in [3.63, 3.8) is 0 Å². The first-order valence-corrected chi connectivity index (χ1v) is 4.35. The van der Waals surface area contributed by atoms with E-state index in [0.717, 1.165) is 18.4 Å². The van der Waals surface area contributed by atoms with Crippen LogP contribution in [0.15, 0.2) is 18.2 Å². The van der Waals surface area contributed by atoms with Crippen LogP contribution in [0.4, 0.5) is 0 Å². The summed E-state index contributed by atoms with van der Waals surface area (Å²) in [6.07, 6.45) is 1.63. The molecule has 1 aromatic carbocycles. The van der Waals surface area contributed by atoms with E-state index in [-0.39, 0.29) is 17.5 Å². The van der Waals surface area contributed by atoms with Crippen molar-refractivity contribution >= 4 is 0 Å². The molecule has 72 valence electrons. The first kappa shape index (κ1) is 9.86. The Hall–Kier alpha value is -1.22. The molecule has 0 aliphatic rings. The lowest BCUT2D eigenvalue weighted by Gasteiger charge is -2.05. The molecule has 0 aromatic heterocycles. The van der Waals surface area contributed by atoms with E-state index in [1.165, 1.54) is 6.07 Å². The molecule has 0 radical (unpaired) electrons. The van der Waals surface area contributed by atoms with Crippen molar-refractivity contribution in [2.45, 2.75) is 25.8 Å². The molecule has 0 bridgehead atoms. The summed E-state index contributed by atoms with van der Waals surface area (Å²) in [6, 6.07) is 4.74. The molecule has 0 saturated heterocycles. The Kier molecular flexibility index (Phi) is 3.14. The Morgan fingerprint density at radius 2 is 1.77 bits per heavy atom. The SMILES string of the molecule is C[C@@H](N)CCc1cc(O)cc(O)c1. The monoisotopic (exact) mass is 181 g/mol. The molecule has 3 heteroatoms. The quantitative estimate of drug-likeness (QED) is 0.660. The predicted octanol–water partition coefficient (Wildman–Crippen LogP) is 1.38. The van der Waals surface area contributed by atoms with Crippen molar-refractivity contribution < 1.29 is 10.2 Å². The topological polar surface area (TPSA) is 66.5 Å². The van der Waals surface area contributed by atoms with Crippen LogP contribution in [0, 0.1) is 0 Å². The number of benzene rings is 1. The summed E-state index contributed by atoms with van der Waals surface area (Å²) in [5, 5.41) is 18.3. The Bertz CT molecular complexity index is 264. The summed E-state index contributed by atoms with van der Waals surface area (Å²) in [6.45, 7) is 1.93. The Morgan fingerprint density at radius 1 is 1.23 bits per heavy atom. The van der Waals surface area contributed by atoms with Crippen molar-refractivity contribution in [2.75, 3.05) is 0 Å². The maximum Gasteiger partial charge on any atom is 0.119 e. The molecule has 0 fully saturated rings. The van der Waals surface area contributed by atoms with Crippen LogP contribution in [0.1, 0.15) is 18.9 Å². The first-order chi connectivity index (χ1) is 6.08. The fraction of sp³-hybridized carbons (Fsp3) is 0.400. The molecule has 4 N–H and O–H groups in total. The number of nitrogens with two attached hydrogens (primary N) is 1. The molecule has 0 unspecified atom stereocenters. The van der Waals surface area contributed by atoms with Crippen LogP contribution < -0.4 is 5.73 Å². The van der Waals surface area contributed by atoms with Crippen molar-refractivity contribution in [1.82, 2.24) is 0 Å². The smallest absolute Gasteiger partial charge is 0.119 e. The van der Waals surface area contributed by atoms with Gasteiger partial charge in [0, 0.05) is 12.1 Å². The molecule has 0 aliphatic heterocycles. The molecule has 0 heterocycles. The second-order valence-corrected chi connectivity index (χ2v) is 3.37. The lowest BCUT2D eigenvalue weighted by molar-refractivity contribution is 0.449. The van der Waals surface area contributed by atoms with Crippen LogP contribution >= 0.6 is 0 Å². The number of phenols is 2. The molecule has 0 aliphatic carbocycles. The Balaban J connectivity index is 2.66. The van der Waals surface area contributed by atoms with Gasteiger partial charge in [0.25, 0.3) is 0 Å². The fourth-order valence-electron chi connectivity index (χ4n) is 1.20. The van der Waals surface area contributed by atoms with Gasteiger partial charge in [-0.15, -0.1) is 0 Å². The van der Waals surface area contributed by atoms with Gasteiger partial charge in [0.1, 0.15) is 11.5 Å².